The smallest absolute Gasteiger partial charge is 0.254 e. The van der Waals surface area contributed by atoms with E-state index in [0.29, 0.717) is 39.1 Å². The molecule has 0 aliphatic rings. The number of methoxy groups -OCH3 is 2. The predicted octanol–water partition coefficient (Wildman–Crippen LogP) is 12.4. The van der Waals surface area contributed by atoms with Gasteiger partial charge in [-0.2, -0.15) is 0 Å². The summed E-state index contributed by atoms with van der Waals surface area (Å²) in [5, 5.41) is 17.9. The maximum atomic E-state index is 12.7. The summed E-state index contributed by atoms with van der Waals surface area (Å²) < 4.78 is 15.4. The third kappa shape index (κ3) is 9.99. The molecule has 0 unspecified atom stereocenters. The Labute approximate surface area is 455 Å². The Morgan fingerprint density at radius 3 is 1.25 bits per heavy atom. The Bertz CT molecular complexity index is 3700. The van der Waals surface area contributed by atoms with Crippen LogP contribution in [0.15, 0.2) is 206 Å². The number of nitrogens with two attached hydrogens (primary N) is 1. The van der Waals surface area contributed by atoms with Crippen molar-refractivity contribution in [1.82, 2.24) is 39.5 Å². The number of aromatic nitrogens is 8. The van der Waals surface area contributed by atoms with Crippen molar-refractivity contribution in [3.8, 4) is 35.5 Å². The topological polar surface area (TPSA) is 173 Å². The molecule has 0 fully saturated rings. The highest BCUT2D eigenvalue weighted by Gasteiger charge is 2.43. The average Bonchev–Trinajstić information content (AvgIpc) is 4.04. The quantitative estimate of drug-likeness (QED) is 0.0228. The van der Waals surface area contributed by atoms with E-state index in [9.17, 15) is 4.79 Å². The Kier molecular flexibility index (Phi) is 15.6. The van der Waals surface area contributed by atoms with Gasteiger partial charge in [0, 0.05) is 18.3 Å². The number of halogens is 2. The number of hydrogen-bond acceptors (Lipinski definition) is 10. The average molecular weight is 1050 g/mol. The number of Topliss-reactive ketones (excluding diaryl/α,β-unsaturated/α-hetero) is 1. The molecule has 0 bridgehead atoms. The summed E-state index contributed by atoms with van der Waals surface area (Å²) in [5.74, 6) is 3.01. The highest BCUT2D eigenvalue weighted by Crippen LogP contribution is 2.47. The fraction of sp³-hybridized carbons (Fsp3) is 0.0968. The summed E-state index contributed by atoms with van der Waals surface area (Å²) in [6, 6.07) is 66.5. The molecule has 0 amide bonds. The number of fused-ring (bicyclic) bond motifs is 2. The normalized spacial score (nSPS) is 11.1. The zero-order chi connectivity index (χ0) is 54.1. The summed E-state index contributed by atoms with van der Waals surface area (Å²) in [5.41, 5.74) is 11.5. The van der Waals surface area contributed by atoms with E-state index in [1.54, 1.807) is 19.4 Å². The molecule has 5 aromatic heterocycles. The van der Waals surface area contributed by atoms with E-state index < -0.39 is 16.9 Å². The first-order valence-electron chi connectivity index (χ1n) is 24.2. The summed E-state index contributed by atoms with van der Waals surface area (Å²) in [6.45, 7) is 3.37. The number of carbonyl (C=O) groups excluding carboxylic acids is 1. The lowest BCUT2D eigenvalue weighted by atomic mass is 9.77. The zero-order valence-electron chi connectivity index (χ0n) is 42.3. The summed E-state index contributed by atoms with van der Waals surface area (Å²) >= 11 is 13.1. The van der Waals surface area contributed by atoms with E-state index in [-0.39, 0.29) is 22.6 Å². The van der Waals surface area contributed by atoms with E-state index in [1.165, 1.54) is 14.0 Å². The first-order valence-corrected chi connectivity index (χ1v) is 24.9. The molecule has 0 radical (unpaired) electrons. The van der Waals surface area contributed by atoms with Crippen molar-refractivity contribution in [3.63, 3.8) is 0 Å². The van der Waals surface area contributed by atoms with Crippen molar-refractivity contribution >= 4 is 56.6 Å². The second-order valence-electron chi connectivity index (χ2n) is 17.5. The zero-order valence-corrected chi connectivity index (χ0v) is 43.9. The van der Waals surface area contributed by atoms with Gasteiger partial charge >= 0.3 is 0 Å². The van der Waals surface area contributed by atoms with Crippen LogP contribution >= 0.6 is 23.2 Å². The minimum Gasteiger partial charge on any atom is -0.479 e. The van der Waals surface area contributed by atoms with Crippen LogP contribution in [0.25, 0.3) is 33.2 Å². The Hall–Kier alpha value is -9.48. The molecule has 0 aliphatic heterocycles. The minimum absolute atomic E-state index is 0.0289. The second kappa shape index (κ2) is 23.0. The Morgan fingerprint density at radius 2 is 0.909 bits per heavy atom. The number of amidine groups is 1. The van der Waals surface area contributed by atoms with Crippen LogP contribution in [-0.2, 0) is 11.1 Å². The number of pyridine rings is 2. The van der Waals surface area contributed by atoms with Gasteiger partial charge in [-0.3, -0.25) is 10.2 Å². The SMILES string of the molecule is C#CC(=O)c1nc(Cl)cc2c1c(OC)nn2C(c1ccccc1)(c1ccccc1)c1ccccc1.CC(=N)N.COc1nn(C(c2ccccc2)(c2ccccc2)c2ccccc2)c2cc(Cl)nc(-c3ccnc(C)n3)c12. The number of terminal acetylenes is 1. The lowest BCUT2D eigenvalue weighted by molar-refractivity contribution is 0.105. The van der Waals surface area contributed by atoms with Gasteiger partial charge < -0.3 is 15.2 Å². The van der Waals surface area contributed by atoms with E-state index in [0.717, 1.165) is 44.3 Å². The van der Waals surface area contributed by atoms with Gasteiger partial charge in [0.1, 0.15) is 38.6 Å². The van der Waals surface area contributed by atoms with Crippen molar-refractivity contribution < 1.29 is 14.3 Å². The van der Waals surface area contributed by atoms with Gasteiger partial charge in [-0.1, -0.05) is 205 Å². The molecule has 13 nitrogen and oxygen atoms in total. The van der Waals surface area contributed by atoms with Crippen LogP contribution < -0.4 is 15.2 Å². The van der Waals surface area contributed by atoms with Crippen LogP contribution in [0.5, 0.6) is 11.8 Å². The maximum Gasteiger partial charge on any atom is 0.254 e. The first kappa shape index (κ1) is 52.4. The van der Waals surface area contributed by atoms with E-state index in [1.807, 2.05) is 138 Å². The molecule has 3 N–H and O–H groups in total. The summed E-state index contributed by atoms with van der Waals surface area (Å²) in [7, 11) is 3.12. The van der Waals surface area contributed by atoms with Crippen molar-refractivity contribution in [3.05, 3.63) is 262 Å². The molecule has 0 spiro atoms. The minimum atomic E-state index is -0.931. The van der Waals surface area contributed by atoms with Crippen LogP contribution in [0.4, 0.5) is 0 Å². The maximum absolute atomic E-state index is 12.7. The number of benzene rings is 6. The molecule has 15 heteroatoms. The van der Waals surface area contributed by atoms with Gasteiger partial charge in [0.2, 0.25) is 11.8 Å². The van der Waals surface area contributed by atoms with E-state index in [2.05, 4.69) is 98.7 Å². The molecule has 0 aliphatic carbocycles. The van der Waals surface area contributed by atoms with Crippen LogP contribution in [0.2, 0.25) is 10.3 Å². The molecule has 6 aromatic carbocycles. The van der Waals surface area contributed by atoms with E-state index >= 15 is 0 Å². The first-order chi connectivity index (χ1) is 37.5. The van der Waals surface area contributed by atoms with Crippen LogP contribution in [0.3, 0.4) is 0 Å². The number of aryl methyl sites for hydroxylation is 1. The molecule has 11 rings (SSSR count). The highest BCUT2D eigenvalue weighted by atomic mass is 35.5. The number of rotatable bonds is 12. The fourth-order valence-corrected chi connectivity index (χ4v) is 10.1. The van der Waals surface area contributed by atoms with Gasteiger partial charge in [-0.25, -0.2) is 29.3 Å². The van der Waals surface area contributed by atoms with Crippen molar-refractivity contribution in [2.45, 2.75) is 24.9 Å². The molecule has 77 heavy (non-hydrogen) atoms. The lowest BCUT2D eigenvalue weighted by Crippen LogP contribution is -2.38. The molecular weight excluding hydrogens is 1000 g/mol. The number of ketones is 1. The number of carbonyl (C=O) groups is 1. The molecule has 11 aromatic rings. The monoisotopic (exact) mass is 1050 g/mol. The predicted molar refractivity (Wildman–Crippen MR) is 304 cm³/mol. The largest absolute Gasteiger partial charge is 0.479 e. The third-order valence-electron chi connectivity index (χ3n) is 12.7. The van der Waals surface area contributed by atoms with E-state index in [4.69, 9.17) is 60.4 Å². The van der Waals surface area contributed by atoms with Crippen LogP contribution in [0, 0.1) is 24.7 Å². The van der Waals surface area contributed by atoms with Crippen molar-refractivity contribution in [2.24, 2.45) is 5.73 Å². The summed E-state index contributed by atoms with van der Waals surface area (Å²) in [6.07, 6.45) is 7.17. The standard InChI is InChI=1S/C31H24ClN5O.C29H20ClN3O2.C2H6N2/c1-21-33-19-18-25(34-21)29-28-26(20-27(32)35-29)37(36-30(28)38-2)31(22-12-6-3-7-13-22,23-14-8-4-9-15-23)24-16-10-5-11-17-24;1-3-24(34)27-26-23(19-25(30)31-27)33(32-28(26)35-2)29(20-13-7-4-8-14-20,21-15-9-5-10-16-21)22-17-11-6-12-18-22;1-2(3)4/h3-20H,1-2H3;1,4-19H,2H3;1H3,(H3,3,4). The molecular formula is C62H50Cl2N10O3. The molecule has 0 saturated carbocycles. The van der Waals surface area contributed by atoms with Gasteiger partial charge in [0.05, 0.1) is 47.6 Å². The highest BCUT2D eigenvalue weighted by molar-refractivity contribution is 6.31. The fourth-order valence-electron chi connectivity index (χ4n) is 9.76. The van der Waals surface area contributed by atoms with Gasteiger partial charge in [0.15, 0.2) is 0 Å². The number of nitrogens with zero attached hydrogens (tertiary/aromatic N) is 8. The van der Waals surface area contributed by atoms with Gasteiger partial charge in [-0.15, -0.1) is 16.6 Å². The molecule has 5 heterocycles. The summed E-state index contributed by atoms with van der Waals surface area (Å²) in [4.78, 5) is 30.5. The number of hydrogen-bond donors (Lipinski definition) is 2. The Balaban J connectivity index is 0.000000176. The number of nitrogens with one attached hydrogen (secondary N) is 1. The van der Waals surface area contributed by atoms with Gasteiger partial charge in [-0.05, 0) is 59.2 Å². The second-order valence-corrected chi connectivity index (χ2v) is 18.3. The molecule has 380 valence electrons. The van der Waals surface area contributed by atoms with Gasteiger partial charge in [0.25, 0.3) is 5.78 Å². The number of ether oxygens (including phenoxy) is 2. The molecule has 0 saturated heterocycles. The Morgan fingerprint density at radius 1 is 0.571 bits per heavy atom. The third-order valence-corrected chi connectivity index (χ3v) is 13.1. The lowest BCUT2D eigenvalue weighted by Gasteiger charge is -2.36. The van der Waals surface area contributed by atoms with Crippen LogP contribution in [-0.4, -0.2) is 65.3 Å². The van der Waals surface area contributed by atoms with Crippen molar-refractivity contribution in [1.29, 1.82) is 5.41 Å². The van der Waals surface area contributed by atoms with Crippen LogP contribution in [0.1, 0.15) is 56.6 Å². The van der Waals surface area contributed by atoms with Crippen molar-refractivity contribution in [2.75, 3.05) is 14.2 Å². The molecule has 0 atom stereocenters.